The summed E-state index contributed by atoms with van der Waals surface area (Å²) in [5.74, 6) is 0.179. The molecule has 0 amide bonds. The van der Waals surface area contributed by atoms with E-state index in [9.17, 15) is 12.3 Å². The maximum Gasteiger partial charge on any atom is 0.302 e. The van der Waals surface area contributed by atoms with E-state index in [1.165, 1.54) is 12.8 Å². The van der Waals surface area contributed by atoms with Crippen LogP contribution in [0.25, 0.3) is 0 Å². The third-order valence-corrected chi connectivity index (χ3v) is 2.97. The van der Waals surface area contributed by atoms with Gasteiger partial charge in [-0.3, -0.25) is 0 Å². The maximum atomic E-state index is 12.0. The molecule has 0 saturated heterocycles. The quantitative estimate of drug-likeness (QED) is 0.621. The topological polar surface area (TPSA) is 34.1 Å². The van der Waals surface area contributed by atoms with Gasteiger partial charge in [0.25, 0.3) is 0 Å². The van der Waals surface area contributed by atoms with E-state index in [0.29, 0.717) is 12.3 Å². The second-order valence-electron chi connectivity index (χ2n) is 3.18. The van der Waals surface area contributed by atoms with E-state index in [2.05, 4.69) is 0 Å². The van der Waals surface area contributed by atoms with E-state index in [1.54, 1.807) is 0 Å². The molecule has 0 aromatic carbocycles. The first-order chi connectivity index (χ1) is 5.08. The minimum absolute atomic E-state index is 0.280. The van der Waals surface area contributed by atoms with Gasteiger partial charge < -0.3 is 0 Å². The van der Waals surface area contributed by atoms with Crippen molar-refractivity contribution >= 4 is 10.2 Å². The van der Waals surface area contributed by atoms with Crippen LogP contribution in [-0.2, 0) is 10.2 Å². The smallest absolute Gasteiger partial charge is 0.195 e. The molecule has 0 aromatic heterocycles. The zero-order chi connectivity index (χ0) is 8.32. The summed E-state index contributed by atoms with van der Waals surface area (Å²) in [5.41, 5.74) is 0. The summed E-state index contributed by atoms with van der Waals surface area (Å²) >= 11 is 0. The lowest BCUT2D eigenvalue weighted by molar-refractivity contribution is 0.505. The Kier molecular flexibility index (Phi) is 2.87. The van der Waals surface area contributed by atoms with Crippen LogP contribution in [0.15, 0.2) is 0 Å². The van der Waals surface area contributed by atoms with Gasteiger partial charge in [-0.1, -0.05) is 25.7 Å². The predicted octanol–water partition coefficient (Wildman–Crippen LogP) is 1.87. The van der Waals surface area contributed by atoms with E-state index in [-0.39, 0.29) is 5.75 Å². The summed E-state index contributed by atoms with van der Waals surface area (Å²) in [6.07, 6.45) is 5.03. The van der Waals surface area contributed by atoms with Crippen molar-refractivity contribution in [2.24, 2.45) is 5.92 Å². The van der Waals surface area contributed by atoms with Crippen LogP contribution < -0.4 is 0 Å². The van der Waals surface area contributed by atoms with Gasteiger partial charge in [0.05, 0.1) is 5.75 Å². The van der Waals surface area contributed by atoms with Crippen LogP contribution in [-0.4, -0.2) is 14.2 Å². The van der Waals surface area contributed by atoms with Crippen molar-refractivity contribution in [2.45, 2.75) is 32.1 Å². The van der Waals surface area contributed by atoms with Gasteiger partial charge >= 0.3 is 10.2 Å². The van der Waals surface area contributed by atoms with Gasteiger partial charge in [0, 0.05) is 0 Å². The molecule has 1 saturated carbocycles. The molecule has 1 aliphatic carbocycles. The fraction of sp³-hybridized carbons (Fsp3) is 1.00. The van der Waals surface area contributed by atoms with Crippen LogP contribution in [0.2, 0.25) is 0 Å². The van der Waals surface area contributed by atoms with Crippen LogP contribution in [0.3, 0.4) is 0 Å². The molecule has 0 bridgehead atoms. The van der Waals surface area contributed by atoms with E-state index < -0.39 is 10.2 Å². The summed E-state index contributed by atoms with van der Waals surface area (Å²) in [5, 5.41) is 0. The van der Waals surface area contributed by atoms with E-state index in [4.69, 9.17) is 0 Å². The van der Waals surface area contributed by atoms with Crippen molar-refractivity contribution < 1.29 is 12.3 Å². The third-order valence-electron chi connectivity index (χ3n) is 2.24. The minimum atomic E-state index is -4.21. The number of hydrogen-bond donors (Lipinski definition) is 0. The van der Waals surface area contributed by atoms with Crippen molar-refractivity contribution in [1.29, 1.82) is 0 Å². The molecule has 2 nitrogen and oxygen atoms in total. The maximum absolute atomic E-state index is 12.0. The summed E-state index contributed by atoms with van der Waals surface area (Å²) in [7, 11) is -4.21. The molecule has 0 N–H and O–H groups in total. The Morgan fingerprint density at radius 2 is 1.82 bits per heavy atom. The van der Waals surface area contributed by atoms with E-state index in [1.807, 2.05) is 0 Å². The van der Waals surface area contributed by atoms with Crippen LogP contribution >= 0.6 is 0 Å². The van der Waals surface area contributed by atoms with Crippen molar-refractivity contribution in [3.8, 4) is 0 Å². The second kappa shape index (κ2) is 3.52. The zero-order valence-corrected chi connectivity index (χ0v) is 7.24. The van der Waals surface area contributed by atoms with Gasteiger partial charge in [-0.25, -0.2) is 0 Å². The van der Waals surface area contributed by atoms with Crippen molar-refractivity contribution in [3.63, 3.8) is 0 Å². The highest BCUT2D eigenvalue weighted by Gasteiger charge is 2.17. The van der Waals surface area contributed by atoms with E-state index in [0.717, 1.165) is 12.8 Å². The van der Waals surface area contributed by atoms with Crippen LogP contribution in [0.5, 0.6) is 0 Å². The highest BCUT2D eigenvalue weighted by atomic mass is 32.3. The summed E-state index contributed by atoms with van der Waals surface area (Å²) in [4.78, 5) is 0. The normalized spacial score (nSPS) is 20.8. The average molecular weight is 180 g/mol. The number of halogens is 1. The van der Waals surface area contributed by atoms with Crippen LogP contribution in [0, 0.1) is 5.92 Å². The van der Waals surface area contributed by atoms with Gasteiger partial charge in [-0.2, -0.15) is 8.42 Å². The minimum Gasteiger partial charge on any atom is -0.195 e. The Morgan fingerprint density at radius 3 is 2.27 bits per heavy atom. The zero-order valence-electron chi connectivity index (χ0n) is 6.42. The second-order valence-corrected chi connectivity index (χ2v) is 4.67. The highest BCUT2D eigenvalue weighted by Crippen LogP contribution is 2.27. The summed E-state index contributed by atoms with van der Waals surface area (Å²) in [6, 6.07) is 0. The summed E-state index contributed by atoms with van der Waals surface area (Å²) in [6.45, 7) is 0. The largest absolute Gasteiger partial charge is 0.302 e. The monoisotopic (exact) mass is 180 g/mol. The lowest BCUT2D eigenvalue weighted by Gasteiger charge is -2.04. The van der Waals surface area contributed by atoms with E-state index >= 15 is 0 Å². The molecule has 0 unspecified atom stereocenters. The predicted molar refractivity (Wildman–Crippen MR) is 41.5 cm³/mol. The van der Waals surface area contributed by atoms with Crippen LogP contribution in [0.1, 0.15) is 32.1 Å². The van der Waals surface area contributed by atoms with Crippen LogP contribution in [0.4, 0.5) is 3.89 Å². The molecule has 1 fully saturated rings. The van der Waals surface area contributed by atoms with Gasteiger partial charge in [-0.15, -0.1) is 3.89 Å². The molecular formula is C7H13FO2S. The molecule has 0 heterocycles. The SMILES string of the molecule is O=S(=O)(F)CCC1CCCC1. The molecule has 0 aromatic rings. The van der Waals surface area contributed by atoms with Crippen molar-refractivity contribution in [1.82, 2.24) is 0 Å². The molecule has 1 rings (SSSR count). The van der Waals surface area contributed by atoms with Gasteiger partial charge in [0.1, 0.15) is 0 Å². The molecule has 0 aliphatic heterocycles. The molecule has 0 atom stereocenters. The highest BCUT2D eigenvalue weighted by molar-refractivity contribution is 7.86. The molecule has 1 aliphatic rings. The van der Waals surface area contributed by atoms with Crippen molar-refractivity contribution in [2.75, 3.05) is 5.75 Å². The Labute approximate surface area is 67.0 Å². The molecule has 66 valence electrons. The fourth-order valence-corrected chi connectivity index (χ4v) is 2.22. The van der Waals surface area contributed by atoms with Gasteiger partial charge in [0.15, 0.2) is 0 Å². The first kappa shape index (κ1) is 8.97. The molecular weight excluding hydrogens is 167 g/mol. The molecule has 0 spiro atoms. The van der Waals surface area contributed by atoms with Crippen molar-refractivity contribution in [3.05, 3.63) is 0 Å². The molecule has 11 heavy (non-hydrogen) atoms. The number of rotatable bonds is 3. The Balaban J connectivity index is 2.22. The first-order valence-electron chi connectivity index (χ1n) is 4.00. The lowest BCUT2D eigenvalue weighted by Crippen LogP contribution is -2.04. The standard InChI is InChI=1S/C7H13FO2S/c8-11(9,10)6-5-7-3-1-2-4-7/h7H,1-6H2. The lowest BCUT2D eigenvalue weighted by atomic mass is 10.1. The molecule has 0 radical (unpaired) electrons. The third kappa shape index (κ3) is 3.70. The first-order valence-corrected chi connectivity index (χ1v) is 5.55. The Bertz CT molecular complexity index is 204. The fourth-order valence-electron chi connectivity index (χ4n) is 1.61. The Morgan fingerprint density at radius 1 is 1.27 bits per heavy atom. The van der Waals surface area contributed by atoms with Gasteiger partial charge in [0.2, 0.25) is 0 Å². The Hall–Kier alpha value is -0.120. The average Bonchev–Trinajstić information content (AvgIpc) is 2.32. The number of hydrogen-bond acceptors (Lipinski definition) is 2. The summed E-state index contributed by atoms with van der Waals surface area (Å²) < 4.78 is 32.3. The molecule has 4 heteroatoms. The van der Waals surface area contributed by atoms with Gasteiger partial charge in [-0.05, 0) is 12.3 Å².